The summed E-state index contributed by atoms with van der Waals surface area (Å²) in [5.74, 6) is 2.32. The highest BCUT2D eigenvalue weighted by molar-refractivity contribution is 5.76. The van der Waals surface area contributed by atoms with Crippen LogP contribution in [0.2, 0.25) is 0 Å². The van der Waals surface area contributed by atoms with Gasteiger partial charge >= 0.3 is 0 Å². The first-order valence-corrected chi connectivity index (χ1v) is 9.58. The van der Waals surface area contributed by atoms with Crippen molar-refractivity contribution in [2.75, 3.05) is 0 Å². The van der Waals surface area contributed by atoms with Crippen molar-refractivity contribution in [2.24, 2.45) is 0 Å². The zero-order chi connectivity index (χ0) is 20.6. The summed E-state index contributed by atoms with van der Waals surface area (Å²) in [6.07, 6.45) is 3.97. The van der Waals surface area contributed by atoms with Gasteiger partial charge in [0.1, 0.15) is 11.5 Å². The van der Waals surface area contributed by atoms with E-state index in [1.807, 2.05) is 54.6 Å². The number of hydrogen-bond donors (Lipinski definition) is 1. The lowest BCUT2D eigenvalue weighted by molar-refractivity contribution is -0.121. The van der Waals surface area contributed by atoms with Crippen molar-refractivity contribution in [3.8, 4) is 22.9 Å². The fraction of sp³-hybridized carbons (Fsp3) is 0.130. The lowest BCUT2D eigenvalue weighted by atomic mass is 10.2. The van der Waals surface area contributed by atoms with Crippen LogP contribution in [0.1, 0.15) is 17.9 Å². The molecule has 0 unspecified atom stereocenters. The SMILES string of the molecule is O=C(CCc1nc(-c2ccncc2)no1)NCc1cccc(Oc2ccccc2)c1. The smallest absolute Gasteiger partial charge is 0.227 e. The number of pyridine rings is 1. The van der Waals surface area contributed by atoms with E-state index in [1.54, 1.807) is 24.5 Å². The normalized spacial score (nSPS) is 10.5. The molecule has 2 aromatic heterocycles. The average Bonchev–Trinajstić information content (AvgIpc) is 3.27. The predicted octanol–water partition coefficient (Wildman–Crippen LogP) is 4.17. The molecule has 0 radical (unpaired) electrons. The summed E-state index contributed by atoms with van der Waals surface area (Å²) in [5.41, 5.74) is 1.77. The maximum atomic E-state index is 12.2. The Morgan fingerprint density at radius 1 is 0.967 bits per heavy atom. The molecule has 150 valence electrons. The molecule has 4 rings (SSSR count). The van der Waals surface area contributed by atoms with Crippen LogP contribution in [-0.2, 0) is 17.8 Å². The molecular weight excluding hydrogens is 380 g/mol. The second-order valence-corrected chi connectivity index (χ2v) is 6.59. The van der Waals surface area contributed by atoms with Crippen LogP contribution >= 0.6 is 0 Å². The number of carbonyl (C=O) groups is 1. The van der Waals surface area contributed by atoms with Crippen LogP contribution in [0.4, 0.5) is 0 Å². The number of hydrogen-bond acceptors (Lipinski definition) is 6. The lowest BCUT2D eigenvalue weighted by Gasteiger charge is -2.08. The molecule has 0 aliphatic heterocycles. The highest BCUT2D eigenvalue weighted by Gasteiger charge is 2.10. The van der Waals surface area contributed by atoms with Gasteiger partial charge in [-0.2, -0.15) is 4.98 Å². The van der Waals surface area contributed by atoms with Crippen molar-refractivity contribution >= 4 is 5.91 Å². The largest absolute Gasteiger partial charge is 0.457 e. The molecule has 30 heavy (non-hydrogen) atoms. The van der Waals surface area contributed by atoms with E-state index < -0.39 is 0 Å². The number of para-hydroxylation sites is 1. The van der Waals surface area contributed by atoms with E-state index in [9.17, 15) is 4.79 Å². The molecule has 1 N–H and O–H groups in total. The number of amides is 1. The van der Waals surface area contributed by atoms with Crippen molar-refractivity contribution in [1.29, 1.82) is 0 Å². The minimum atomic E-state index is -0.0898. The first kappa shape index (κ1) is 19.3. The van der Waals surface area contributed by atoms with E-state index in [0.29, 0.717) is 24.7 Å². The third-order valence-corrected chi connectivity index (χ3v) is 4.34. The van der Waals surface area contributed by atoms with Gasteiger partial charge in [0.05, 0.1) is 0 Å². The van der Waals surface area contributed by atoms with Crippen molar-refractivity contribution in [1.82, 2.24) is 20.4 Å². The zero-order valence-corrected chi connectivity index (χ0v) is 16.2. The van der Waals surface area contributed by atoms with E-state index in [4.69, 9.17) is 9.26 Å². The van der Waals surface area contributed by atoms with E-state index in [-0.39, 0.29) is 12.3 Å². The number of rotatable bonds is 8. The highest BCUT2D eigenvalue weighted by atomic mass is 16.5. The van der Waals surface area contributed by atoms with Crippen LogP contribution in [-0.4, -0.2) is 21.0 Å². The third-order valence-electron chi connectivity index (χ3n) is 4.34. The maximum Gasteiger partial charge on any atom is 0.227 e. The van der Waals surface area contributed by atoms with Gasteiger partial charge in [-0.1, -0.05) is 35.5 Å². The van der Waals surface area contributed by atoms with Crippen LogP contribution < -0.4 is 10.1 Å². The number of carbonyl (C=O) groups excluding carboxylic acids is 1. The Morgan fingerprint density at radius 3 is 2.60 bits per heavy atom. The molecular formula is C23H20N4O3. The first-order chi connectivity index (χ1) is 14.8. The van der Waals surface area contributed by atoms with Crippen LogP contribution in [0.15, 0.2) is 83.6 Å². The van der Waals surface area contributed by atoms with Gasteiger partial charge in [-0.3, -0.25) is 9.78 Å². The molecule has 0 aliphatic carbocycles. The quantitative estimate of drug-likeness (QED) is 0.477. The summed E-state index contributed by atoms with van der Waals surface area (Å²) in [6.45, 7) is 0.414. The van der Waals surface area contributed by atoms with Crippen LogP contribution in [0.25, 0.3) is 11.4 Å². The molecule has 0 bridgehead atoms. The fourth-order valence-electron chi connectivity index (χ4n) is 2.83. The van der Waals surface area contributed by atoms with Gasteiger partial charge in [0, 0.05) is 37.3 Å². The molecule has 0 saturated heterocycles. The summed E-state index contributed by atoms with van der Waals surface area (Å²) in [5, 5.41) is 6.85. The van der Waals surface area contributed by atoms with Crippen molar-refractivity contribution in [3.63, 3.8) is 0 Å². The standard InChI is InChI=1S/C23H20N4O3/c28-21(9-10-22-26-23(27-30-22)18-11-13-24-14-12-18)25-16-17-5-4-8-20(15-17)29-19-6-2-1-3-7-19/h1-8,11-15H,9-10,16H2,(H,25,28). The molecule has 7 nitrogen and oxygen atoms in total. The summed E-state index contributed by atoms with van der Waals surface area (Å²) in [4.78, 5) is 20.5. The number of nitrogens with one attached hydrogen (secondary N) is 1. The third kappa shape index (κ3) is 5.29. The monoisotopic (exact) mass is 400 g/mol. The Bertz CT molecular complexity index is 1100. The molecule has 2 heterocycles. The number of aryl methyl sites for hydroxylation is 1. The van der Waals surface area contributed by atoms with Gasteiger partial charge in [0.15, 0.2) is 0 Å². The topological polar surface area (TPSA) is 90.1 Å². The number of aromatic nitrogens is 3. The zero-order valence-electron chi connectivity index (χ0n) is 16.2. The Labute approximate surface area is 173 Å². The molecule has 7 heteroatoms. The highest BCUT2D eigenvalue weighted by Crippen LogP contribution is 2.21. The average molecular weight is 400 g/mol. The molecule has 0 spiro atoms. The Kier molecular flexibility index (Phi) is 6.10. The van der Waals surface area contributed by atoms with Gasteiger partial charge < -0.3 is 14.6 Å². The van der Waals surface area contributed by atoms with Crippen LogP contribution in [0.3, 0.4) is 0 Å². The second-order valence-electron chi connectivity index (χ2n) is 6.59. The molecule has 4 aromatic rings. The molecule has 0 aliphatic rings. The van der Waals surface area contributed by atoms with Gasteiger partial charge in [0.2, 0.25) is 17.6 Å². The molecule has 0 saturated carbocycles. The van der Waals surface area contributed by atoms with Gasteiger partial charge in [-0.25, -0.2) is 0 Å². The molecule has 2 aromatic carbocycles. The minimum absolute atomic E-state index is 0.0898. The van der Waals surface area contributed by atoms with Crippen LogP contribution in [0.5, 0.6) is 11.5 Å². The van der Waals surface area contributed by atoms with Crippen molar-refractivity contribution < 1.29 is 14.1 Å². The first-order valence-electron chi connectivity index (χ1n) is 9.58. The summed E-state index contributed by atoms with van der Waals surface area (Å²) < 4.78 is 11.1. The molecule has 0 fully saturated rings. The Balaban J connectivity index is 1.26. The van der Waals surface area contributed by atoms with E-state index in [2.05, 4.69) is 20.4 Å². The van der Waals surface area contributed by atoms with Gasteiger partial charge in [-0.05, 0) is 42.0 Å². The number of ether oxygens (including phenoxy) is 1. The van der Waals surface area contributed by atoms with Crippen LogP contribution in [0, 0.1) is 0 Å². The lowest BCUT2D eigenvalue weighted by Crippen LogP contribution is -2.23. The van der Waals surface area contributed by atoms with Gasteiger partial charge in [-0.15, -0.1) is 0 Å². The second kappa shape index (κ2) is 9.47. The summed E-state index contributed by atoms with van der Waals surface area (Å²) in [6, 6.07) is 20.8. The Hall–Kier alpha value is -4.00. The molecule has 1 amide bonds. The van der Waals surface area contributed by atoms with Gasteiger partial charge in [0.25, 0.3) is 0 Å². The van der Waals surface area contributed by atoms with Crippen molar-refractivity contribution in [2.45, 2.75) is 19.4 Å². The minimum Gasteiger partial charge on any atom is -0.457 e. The Morgan fingerprint density at radius 2 is 1.77 bits per heavy atom. The number of benzene rings is 2. The summed E-state index contributed by atoms with van der Waals surface area (Å²) in [7, 11) is 0. The maximum absolute atomic E-state index is 12.2. The van der Waals surface area contributed by atoms with E-state index >= 15 is 0 Å². The van der Waals surface area contributed by atoms with Crippen molar-refractivity contribution in [3.05, 3.63) is 90.6 Å². The molecule has 0 atom stereocenters. The predicted molar refractivity (Wildman–Crippen MR) is 111 cm³/mol. The summed E-state index contributed by atoms with van der Waals surface area (Å²) >= 11 is 0. The van der Waals surface area contributed by atoms with E-state index in [0.717, 1.165) is 22.6 Å². The fourth-order valence-corrected chi connectivity index (χ4v) is 2.83. The van der Waals surface area contributed by atoms with E-state index in [1.165, 1.54) is 0 Å². The number of nitrogens with zero attached hydrogens (tertiary/aromatic N) is 3.